The van der Waals surface area contributed by atoms with Crippen molar-refractivity contribution in [2.24, 2.45) is 4.99 Å². The second-order valence-electron chi connectivity index (χ2n) is 5.14. The standard InChI is InChI=1S/C18H14N2O3S/c1-20-16(21)15(10-12-6-3-2-4-7-12)24-18(20)19-14-9-5-8-13(11-14)17(22)23/h2-11H,1H3,(H,22,23)/b15-10-,19-18?. The molecule has 1 fully saturated rings. The molecule has 3 rings (SSSR count). The van der Waals surface area contributed by atoms with Crippen LogP contribution in [-0.4, -0.2) is 34.1 Å². The van der Waals surface area contributed by atoms with Crippen LogP contribution in [0.2, 0.25) is 0 Å². The normalized spacial score (nSPS) is 17.7. The predicted octanol–water partition coefficient (Wildman–Crippen LogP) is 3.62. The smallest absolute Gasteiger partial charge is 0.335 e. The molecule has 0 aliphatic carbocycles. The number of amidine groups is 1. The predicted molar refractivity (Wildman–Crippen MR) is 95.3 cm³/mol. The van der Waals surface area contributed by atoms with Crippen LogP contribution in [0.4, 0.5) is 5.69 Å². The summed E-state index contributed by atoms with van der Waals surface area (Å²) in [6, 6.07) is 15.9. The number of likely N-dealkylation sites (N-methyl/N-ethyl adjacent to an activating group) is 1. The third kappa shape index (κ3) is 3.38. The van der Waals surface area contributed by atoms with Gasteiger partial charge in [0, 0.05) is 7.05 Å². The first kappa shape index (κ1) is 16.0. The largest absolute Gasteiger partial charge is 0.478 e. The van der Waals surface area contributed by atoms with E-state index in [4.69, 9.17) is 5.11 Å². The molecule has 1 saturated heterocycles. The molecular formula is C18H14N2O3S. The molecule has 120 valence electrons. The molecule has 0 bridgehead atoms. The quantitative estimate of drug-likeness (QED) is 0.868. The third-order valence-corrected chi connectivity index (χ3v) is 4.48. The summed E-state index contributed by atoms with van der Waals surface area (Å²) in [4.78, 5) is 29.8. The van der Waals surface area contributed by atoms with E-state index in [2.05, 4.69) is 4.99 Å². The summed E-state index contributed by atoms with van der Waals surface area (Å²) in [6.07, 6.45) is 1.82. The summed E-state index contributed by atoms with van der Waals surface area (Å²) < 4.78 is 0. The molecule has 0 radical (unpaired) electrons. The van der Waals surface area contributed by atoms with E-state index in [1.165, 1.54) is 28.8 Å². The maximum absolute atomic E-state index is 12.3. The van der Waals surface area contributed by atoms with Crippen molar-refractivity contribution < 1.29 is 14.7 Å². The fraction of sp³-hybridized carbons (Fsp3) is 0.0556. The van der Waals surface area contributed by atoms with Crippen LogP contribution in [0.1, 0.15) is 15.9 Å². The number of carboxylic acid groups (broad SMARTS) is 1. The SMILES string of the molecule is CN1C(=O)/C(=C/c2ccccc2)SC1=Nc1cccc(C(=O)O)c1. The molecule has 0 aromatic heterocycles. The minimum absolute atomic E-state index is 0.128. The van der Waals surface area contributed by atoms with Crippen LogP contribution in [0.5, 0.6) is 0 Å². The average molecular weight is 338 g/mol. The zero-order chi connectivity index (χ0) is 17.1. The van der Waals surface area contributed by atoms with E-state index >= 15 is 0 Å². The van der Waals surface area contributed by atoms with E-state index in [9.17, 15) is 9.59 Å². The van der Waals surface area contributed by atoms with E-state index in [1.807, 2.05) is 36.4 Å². The van der Waals surface area contributed by atoms with Crippen LogP contribution < -0.4 is 0 Å². The third-order valence-electron chi connectivity index (χ3n) is 3.42. The number of carbonyl (C=O) groups is 2. The van der Waals surface area contributed by atoms with E-state index in [1.54, 1.807) is 19.2 Å². The molecular weight excluding hydrogens is 324 g/mol. The van der Waals surface area contributed by atoms with Gasteiger partial charge in [0.05, 0.1) is 16.2 Å². The summed E-state index contributed by atoms with van der Waals surface area (Å²) in [7, 11) is 1.65. The fourth-order valence-corrected chi connectivity index (χ4v) is 3.16. The number of amides is 1. The summed E-state index contributed by atoms with van der Waals surface area (Å²) in [5, 5.41) is 9.56. The van der Waals surface area contributed by atoms with Gasteiger partial charge in [-0.25, -0.2) is 9.79 Å². The molecule has 0 saturated carbocycles. The van der Waals surface area contributed by atoms with Gasteiger partial charge in [-0.1, -0.05) is 36.4 Å². The molecule has 1 amide bonds. The number of benzene rings is 2. The maximum Gasteiger partial charge on any atom is 0.335 e. The number of thioether (sulfide) groups is 1. The Labute approximate surface area is 143 Å². The van der Waals surface area contributed by atoms with Gasteiger partial charge in [0.25, 0.3) is 5.91 Å². The lowest BCUT2D eigenvalue weighted by molar-refractivity contribution is -0.121. The minimum atomic E-state index is -1.01. The molecule has 24 heavy (non-hydrogen) atoms. The van der Waals surface area contributed by atoms with E-state index in [0.29, 0.717) is 15.8 Å². The zero-order valence-electron chi connectivity index (χ0n) is 12.8. The molecule has 5 nitrogen and oxygen atoms in total. The van der Waals surface area contributed by atoms with Crippen LogP contribution in [-0.2, 0) is 4.79 Å². The molecule has 1 aliphatic heterocycles. The summed E-state index contributed by atoms with van der Waals surface area (Å²) in [5.74, 6) is -1.14. The van der Waals surface area contributed by atoms with E-state index < -0.39 is 5.97 Å². The lowest BCUT2D eigenvalue weighted by Gasteiger charge is -2.07. The van der Waals surface area contributed by atoms with Crippen molar-refractivity contribution in [2.75, 3.05) is 7.05 Å². The molecule has 1 N–H and O–H groups in total. The van der Waals surface area contributed by atoms with Gasteiger partial charge in [-0.3, -0.25) is 9.69 Å². The van der Waals surface area contributed by atoms with Crippen molar-refractivity contribution in [3.8, 4) is 0 Å². The van der Waals surface area contributed by atoms with Crippen LogP contribution in [0.15, 0.2) is 64.5 Å². The fourth-order valence-electron chi connectivity index (χ4n) is 2.17. The Morgan fingerprint density at radius 1 is 1.17 bits per heavy atom. The topological polar surface area (TPSA) is 70.0 Å². The van der Waals surface area contributed by atoms with Crippen LogP contribution in [0.3, 0.4) is 0 Å². The van der Waals surface area contributed by atoms with Crippen molar-refractivity contribution in [3.63, 3.8) is 0 Å². The van der Waals surface area contributed by atoms with Crippen LogP contribution in [0.25, 0.3) is 6.08 Å². The molecule has 0 spiro atoms. The van der Waals surface area contributed by atoms with Gasteiger partial charge in [0.2, 0.25) is 0 Å². The Bertz CT molecular complexity index is 860. The summed E-state index contributed by atoms with van der Waals surface area (Å²) >= 11 is 1.27. The lowest BCUT2D eigenvalue weighted by atomic mass is 10.2. The molecule has 0 unspecified atom stereocenters. The molecule has 0 atom stereocenters. The highest BCUT2D eigenvalue weighted by Crippen LogP contribution is 2.33. The monoisotopic (exact) mass is 338 g/mol. The van der Waals surface area contributed by atoms with Crippen molar-refractivity contribution in [1.29, 1.82) is 0 Å². The molecule has 2 aromatic rings. The molecule has 6 heteroatoms. The van der Waals surface area contributed by atoms with Gasteiger partial charge in [-0.05, 0) is 41.6 Å². The summed E-state index contributed by atoms with van der Waals surface area (Å²) in [6.45, 7) is 0. The first-order valence-electron chi connectivity index (χ1n) is 7.19. The Morgan fingerprint density at radius 2 is 1.92 bits per heavy atom. The number of hydrogen-bond donors (Lipinski definition) is 1. The number of carbonyl (C=O) groups excluding carboxylic acids is 1. The van der Waals surface area contributed by atoms with E-state index in [-0.39, 0.29) is 11.5 Å². The van der Waals surface area contributed by atoms with Crippen LogP contribution in [0, 0.1) is 0 Å². The molecule has 1 aliphatic rings. The van der Waals surface area contributed by atoms with Crippen molar-refractivity contribution in [3.05, 3.63) is 70.6 Å². The first-order valence-corrected chi connectivity index (χ1v) is 8.01. The van der Waals surface area contributed by atoms with Gasteiger partial charge in [0.15, 0.2) is 5.17 Å². The highest BCUT2D eigenvalue weighted by molar-refractivity contribution is 8.18. The Morgan fingerprint density at radius 3 is 2.62 bits per heavy atom. The molecule has 1 heterocycles. The average Bonchev–Trinajstić information content (AvgIpc) is 2.84. The number of rotatable bonds is 3. The number of hydrogen-bond acceptors (Lipinski definition) is 4. The minimum Gasteiger partial charge on any atom is -0.478 e. The lowest BCUT2D eigenvalue weighted by Crippen LogP contribution is -2.23. The van der Waals surface area contributed by atoms with E-state index in [0.717, 1.165) is 5.56 Å². The zero-order valence-corrected chi connectivity index (χ0v) is 13.7. The van der Waals surface area contributed by atoms with Crippen LogP contribution >= 0.6 is 11.8 Å². The maximum atomic E-state index is 12.3. The van der Waals surface area contributed by atoms with Gasteiger partial charge >= 0.3 is 5.97 Å². The number of aliphatic imine (C=N–C) groups is 1. The van der Waals surface area contributed by atoms with Gasteiger partial charge in [-0.15, -0.1) is 0 Å². The number of carboxylic acids is 1. The van der Waals surface area contributed by atoms with Crippen molar-refractivity contribution >= 4 is 40.6 Å². The van der Waals surface area contributed by atoms with Gasteiger partial charge in [-0.2, -0.15) is 0 Å². The van der Waals surface area contributed by atoms with Gasteiger partial charge in [0.1, 0.15) is 0 Å². The highest BCUT2D eigenvalue weighted by atomic mass is 32.2. The van der Waals surface area contributed by atoms with Crippen molar-refractivity contribution in [1.82, 2.24) is 4.90 Å². The summed E-state index contributed by atoms with van der Waals surface area (Å²) in [5.41, 5.74) is 1.60. The first-order chi connectivity index (χ1) is 11.5. The second-order valence-corrected chi connectivity index (χ2v) is 6.14. The number of nitrogens with zero attached hydrogens (tertiary/aromatic N) is 2. The second kappa shape index (κ2) is 6.72. The highest BCUT2D eigenvalue weighted by Gasteiger charge is 2.30. The molecule has 2 aromatic carbocycles. The Balaban J connectivity index is 1.90. The Kier molecular flexibility index (Phi) is 4.48. The van der Waals surface area contributed by atoms with Crippen molar-refractivity contribution in [2.45, 2.75) is 0 Å². The Hall–Kier alpha value is -2.86. The van der Waals surface area contributed by atoms with Gasteiger partial charge < -0.3 is 5.11 Å². The number of aromatic carboxylic acids is 1.